The quantitative estimate of drug-likeness (QED) is 0.768. The molecule has 1 aromatic carbocycles. The number of nitrogens with one attached hydrogen (secondary N) is 2. The third-order valence-corrected chi connectivity index (χ3v) is 4.83. The third-order valence-electron chi connectivity index (χ3n) is 4.83. The number of hydrogen-bond donors (Lipinski definition) is 2. The first-order chi connectivity index (χ1) is 12.2. The van der Waals surface area contributed by atoms with E-state index < -0.39 is 0 Å². The maximum absolute atomic E-state index is 12.7. The van der Waals surface area contributed by atoms with E-state index >= 15 is 0 Å². The van der Waals surface area contributed by atoms with Crippen molar-refractivity contribution in [3.8, 4) is 5.75 Å². The number of aryl methyl sites for hydroxylation is 1. The minimum absolute atomic E-state index is 0.0235. The molecule has 6 nitrogen and oxygen atoms in total. The van der Waals surface area contributed by atoms with Crippen LogP contribution in [0.15, 0.2) is 30.5 Å². The van der Waals surface area contributed by atoms with Crippen molar-refractivity contribution >= 4 is 16.8 Å². The molecule has 0 spiro atoms. The van der Waals surface area contributed by atoms with Gasteiger partial charge in [-0.3, -0.25) is 9.48 Å². The normalized spacial score (nSPS) is 16.6. The molecule has 1 aliphatic carbocycles. The SMILES string of the molecule is CCOc1ccc2cc(C(=O)NC3CCCc4c3cnn4C)[nH]c2c1. The number of aromatic nitrogens is 3. The van der Waals surface area contributed by atoms with Gasteiger partial charge in [0.1, 0.15) is 11.4 Å². The highest BCUT2D eigenvalue weighted by Crippen LogP contribution is 2.29. The van der Waals surface area contributed by atoms with Crippen LogP contribution in [0, 0.1) is 0 Å². The molecule has 0 fully saturated rings. The van der Waals surface area contributed by atoms with Crippen molar-refractivity contribution in [2.24, 2.45) is 7.05 Å². The van der Waals surface area contributed by atoms with E-state index in [-0.39, 0.29) is 11.9 Å². The Bertz CT molecular complexity index is 925. The summed E-state index contributed by atoms with van der Waals surface area (Å²) in [6.45, 7) is 2.57. The van der Waals surface area contributed by atoms with Crippen molar-refractivity contribution in [1.82, 2.24) is 20.1 Å². The lowest BCUT2D eigenvalue weighted by molar-refractivity contribution is 0.0928. The van der Waals surface area contributed by atoms with Gasteiger partial charge in [-0.1, -0.05) is 0 Å². The first kappa shape index (κ1) is 15.7. The van der Waals surface area contributed by atoms with E-state index in [9.17, 15) is 4.79 Å². The minimum atomic E-state index is -0.0872. The van der Waals surface area contributed by atoms with Crippen LogP contribution in [-0.4, -0.2) is 27.3 Å². The van der Waals surface area contributed by atoms with Crippen molar-refractivity contribution in [1.29, 1.82) is 0 Å². The summed E-state index contributed by atoms with van der Waals surface area (Å²) in [6, 6.07) is 7.72. The first-order valence-electron chi connectivity index (χ1n) is 8.73. The van der Waals surface area contributed by atoms with Gasteiger partial charge in [0.15, 0.2) is 0 Å². The van der Waals surface area contributed by atoms with Gasteiger partial charge in [0.25, 0.3) is 5.91 Å². The first-order valence-corrected chi connectivity index (χ1v) is 8.73. The lowest BCUT2D eigenvalue weighted by atomic mass is 9.93. The molecule has 0 radical (unpaired) electrons. The largest absolute Gasteiger partial charge is 0.494 e. The lowest BCUT2D eigenvalue weighted by Crippen LogP contribution is -2.31. The Morgan fingerprint density at radius 1 is 1.44 bits per heavy atom. The van der Waals surface area contributed by atoms with Gasteiger partial charge in [0, 0.05) is 35.3 Å². The molecule has 25 heavy (non-hydrogen) atoms. The van der Waals surface area contributed by atoms with Gasteiger partial charge in [0.2, 0.25) is 0 Å². The highest BCUT2D eigenvalue weighted by Gasteiger charge is 2.25. The molecule has 0 saturated heterocycles. The number of fused-ring (bicyclic) bond motifs is 2. The van der Waals surface area contributed by atoms with Crippen LogP contribution in [0.25, 0.3) is 10.9 Å². The van der Waals surface area contributed by atoms with Crippen molar-refractivity contribution in [3.05, 3.63) is 47.4 Å². The smallest absolute Gasteiger partial charge is 0.268 e. The molecule has 2 N–H and O–H groups in total. The fraction of sp³-hybridized carbons (Fsp3) is 0.368. The molecular weight excluding hydrogens is 316 g/mol. The van der Waals surface area contributed by atoms with E-state index in [0.717, 1.165) is 41.5 Å². The van der Waals surface area contributed by atoms with E-state index in [1.165, 1.54) is 5.69 Å². The molecule has 2 heterocycles. The number of ether oxygens (including phenoxy) is 1. The summed E-state index contributed by atoms with van der Waals surface area (Å²) in [6.07, 6.45) is 4.89. The Balaban J connectivity index is 1.56. The average molecular weight is 338 g/mol. The summed E-state index contributed by atoms with van der Waals surface area (Å²) < 4.78 is 7.43. The maximum atomic E-state index is 12.7. The second kappa shape index (κ2) is 6.27. The highest BCUT2D eigenvalue weighted by atomic mass is 16.5. The molecule has 0 aliphatic heterocycles. The van der Waals surface area contributed by atoms with Crippen LogP contribution in [0.4, 0.5) is 0 Å². The van der Waals surface area contributed by atoms with Crippen LogP contribution in [0.3, 0.4) is 0 Å². The van der Waals surface area contributed by atoms with E-state index in [0.29, 0.717) is 12.3 Å². The summed E-state index contributed by atoms with van der Waals surface area (Å²) in [7, 11) is 1.96. The van der Waals surface area contributed by atoms with Gasteiger partial charge < -0.3 is 15.0 Å². The number of benzene rings is 1. The van der Waals surface area contributed by atoms with Crippen molar-refractivity contribution in [3.63, 3.8) is 0 Å². The number of hydrogen-bond acceptors (Lipinski definition) is 3. The number of amides is 1. The Kier molecular flexibility index (Phi) is 3.95. The standard InChI is InChI=1S/C19H22N4O2/c1-3-25-13-8-7-12-9-17(21-16(12)10-13)19(24)22-15-5-4-6-18-14(15)11-20-23(18)2/h7-11,15,21H,3-6H2,1-2H3,(H,22,24). The monoisotopic (exact) mass is 338 g/mol. The van der Waals surface area contributed by atoms with Crippen LogP contribution < -0.4 is 10.1 Å². The van der Waals surface area contributed by atoms with E-state index in [1.807, 2.05) is 49.1 Å². The number of H-pyrrole nitrogens is 1. The molecule has 1 amide bonds. The minimum Gasteiger partial charge on any atom is -0.494 e. The van der Waals surface area contributed by atoms with E-state index in [2.05, 4.69) is 15.4 Å². The molecule has 3 aromatic rings. The zero-order valence-corrected chi connectivity index (χ0v) is 14.5. The van der Waals surface area contributed by atoms with Gasteiger partial charge in [-0.2, -0.15) is 5.10 Å². The summed E-state index contributed by atoms with van der Waals surface area (Å²) in [4.78, 5) is 15.9. The fourth-order valence-corrected chi connectivity index (χ4v) is 3.58. The van der Waals surface area contributed by atoms with Gasteiger partial charge in [-0.05, 0) is 44.4 Å². The molecular formula is C19H22N4O2. The molecule has 4 rings (SSSR count). The van der Waals surface area contributed by atoms with Crippen molar-refractivity contribution in [2.75, 3.05) is 6.61 Å². The maximum Gasteiger partial charge on any atom is 0.268 e. The Labute approximate surface area is 146 Å². The van der Waals surface area contributed by atoms with Crippen molar-refractivity contribution < 1.29 is 9.53 Å². The average Bonchev–Trinajstić information content (AvgIpc) is 3.20. The molecule has 0 saturated carbocycles. The summed E-state index contributed by atoms with van der Waals surface area (Å²) in [5.74, 6) is 0.715. The number of carbonyl (C=O) groups excluding carboxylic acids is 1. The predicted octanol–water partition coefficient (Wildman–Crippen LogP) is 3.11. The van der Waals surface area contributed by atoms with Crippen molar-refractivity contribution in [2.45, 2.75) is 32.2 Å². The summed E-state index contributed by atoms with van der Waals surface area (Å²) >= 11 is 0. The van der Waals surface area contributed by atoms with Gasteiger partial charge >= 0.3 is 0 Å². The number of carbonyl (C=O) groups is 1. The van der Waals surface area contributed by atoms with Crippen LogP contribution >= 0.6 is 0 Å². The van der Waals surface area contributed by atoms with Crippen LogP contribution in [0.2, 0.25) is 0 Å². The van der Waals surface area contributed by atoms with E-state index in [4.69, 9.17) is 4.74 Å². The molecule has 1 aliphatic rings. The van der Waals surface area contributed by atoms with E-state index in [1.54, 1.807) is 0 Å². The Morgan fingerprint density at radius 3 is 3.16 bits per heavy atom. The molecule has 2 aromatic heterocycles. The lowest BCUT2D eigenvalue weighted by Gasteiger charge is -2.23. The predicted molar refractivity (Wildman–Crippen MR) is 95.8 cm³/mol. The number of aromatic amines is 1. The number of rotatable bonds is 4. The second-order valence-electron chi connectivity index (χ2n) is 6.45. The Morgan fingerprint density at radius 2 is 2.32 bits per heavy atom. The van der Waals surface area contributed by atoms with Gasteiger partial charge in [0.05, 0.1) is 18.8 Å². The van der Waals surface area contributed by atoms with Gasteiger partial charge in [-0.25, -0.2) is 0 Å². The highest BCUT2D eigenvalue weighted by molar-refractivity contribution is 5.98. The zero-order chi connectivity index (χ0) is 17.4. The van der Waals surface area contributed by atoms with Crippen LogP contribution in [-0.2, 0) is 13.5 Å². The third kappa shape index (κ3) is 2.88. The van der Waals surface area contributed by atoms with Gasteiger partial charge in [-0.15, -0.1) is 0 Å². The summed E-state index contributed by atoms with van der Waals surface area (Å²) in [5.41, 5.74) is 3.83. The van der Waals surface area contributed by atoms with Crippen LogP contribution in [0.1, 0.15) is 47.6 Å². The molecule has 0 bridgehead atoms. The molecule has 1 unspecified atom stereocenters. The molecule has 6 heteroatoms. The Hall–Kier alpha value is -2.76. The second-order valence-corrected chi connectivity index (χ2v) is 6.45. The molecule has 1 atom stereocenters. The van der Waals surface area contributed by atoms with Crippen LogP contribution in [0.5, 0.6) is 5.75 Å². The fourth-order valence-electron chi connectivity index (χ4n) is 3.58. The molecule has 130 valence electrons. The topological polar surface area (TPSA) is 71.9 Å². The number of nitrogens with zero attached hydrogens (tertiary/aromatic N) is 2. The summed E-state index contributed by atoms with van der Waals surface area (Å²) in [5, 5.41) is 8.48. The zero-order valence-electron chi connectivity index (χ0n) is 14.5.